The number of rotatable bonds is 1. The van der Waals surface area contributed by atoms with Gasteiger partial charge in [0.25, 0.3) is 0 Å². The van der Waals surface area contributed by atoms with E-state index in [0.29, 0.717) is 6.04 Å². The molecule has 0 amide bonds. The molecule has 14 heavy (non-hydrogen) atoms. The largest absolute Gasteiger partial charge is 0.327 e. The summed E-state index contributed by atoms with van der Waals surface area (Å²) in [6, 6.07) is 8.78. The molecule has 74 valence electrons. The lowest BCUT2D eigenvalue weighted by Gasteiger charge is -1.98. The highest BCUT2D eigenvalue weighted by molar-refractivity contribution is 9.10. The van der Waals surface area contributed by atoms with Crippen LogP contribution in [0.2, 0.25) is 0 Å². The molecule has 0 saturated heterocycles. The fraction of sp³-hybridized carbons (Fsp3) is 0.333. The number of hydrogen-bond acceptors (Lipinski definition) is 1. The molecule has 0 aromatic heterocycles. The molecule has 2 heteroatoms. The summed E-state index contributed by atoms with van der Waals surface area (Å²) in [5, 5.41) is 0. The van der Waals surface area contributed by atoms with Gasteiger partial charge in [-0.25, -0.2) is 0 Å². The van der Waals surface area contributed by atoms with Gasteiger partial charge < -0.3 is 5.73 Å². The maximum absolute atomic E-state index is 5.85. The first-order valence-electron chi connectivity index (χ1n) is 4.94. The average molecular weight is 252 g/mol. The van der Waals surface area contributed by atoms with Gasteiger partial charge in [-0.15, -0.1) is 0 Å². The Morgan fingerprint density at radius 1 is 1.29 bits per heavy atom. The summed E-state index contributed by atoms with van der Waals surface area (Å²) in [6.07, 6.45) is 5.63. The summed E-state index contributed by atoms with van der Waals surface area (Å²) >= 11 is 3.43. The third-order valence-electron chi connectivity index (χ3n) is 2.60. The van der Waals surface area contributed by atoms with Crippen LogP contribution >= 0.6 is 15.9 Å². The van der Waals surface area contributed by atoms with E-state index >= 15 is 0 Å². The highest BCUT2D eigenvalue weighted by Gasteiger charge is 2.14. The zero-order valence-corrected chi connectivity index (χ0v) is 9.63. The molecular formula is C12H14BrN. The Balaban J connectivity index is 2.13. The van der Waals surface area contributed by atoms with E-state index in [1.807, 2.05) is 0 Å². The Bertz CT molecular complexity index is 340. The normalized spacial score (nSPS) is 24.4. The molecule has 0 aliphatic heterocycles. The van der Waals surface area contributed by atoms with Crippen molar-refractivity contribution in [2.24, 2.45) is 5.73 Å². The molecule has 1 atom stereocenters. The SMILES string of the molecule is NC1CCC(=Cc2ccc(Br)cc2)C1. The highest BCUT2D eigenvalue weighted by atomic mass is 79.9. The molecule has 2 rings (SSSR count). The molecule has 0 radical (unpaired) electrons. The molecule has 1 aliphatic rings. The average Bonchev–Trinajstić information content (AvgIpc) is 2.56. The molecule has 1 saturated carbocycles. The minimum Gasteiger partial charge on any atom is -0.327 e. The summed E-state index contributed by atoms with van der Waals surface area (Å²) in [7, 11) is 0. The summed E-state index contributed by atoms with van der Waals surface area (Å²) in [6.45, 7) is 0. The zero-order chi connectivity index (χ0) is 9.97. The van der Waals surface area contributed by atoms with Gasteiger partial charge in [0, 0.05) is 10.5 Å². The van der Waals surface area contributed by atoms with Crippen molar-refractivity contribution in [3.05, 3.63) is 39.9 Å². The van der Waals surface area contributed by atoms with Gasteiger partial charge in [-0.2, -0.15) is 0 Å². The van der Waals surface area contributed by atoms with Gasteiger partial charge in [-0.3, -0.25) is 0 Å². The topological polar surface area (TPSA) is 26.0 Å². The maximum atomic E-state index is 5.85. The van der Waals surface area contributed by atoms with E-state index in [1.165, 1.54) is 11.1 Å². The van der Waals surface area contributed by atoms with Gasteiger partial charge in [0.15, 0.2) is 0 Å². The van der Waals surface area contributed by atoms with Crippen LogP contribution in [-0.2, 0) is 0 Å². The minimum atomic E-state index is 0.386. The third kappa shape index (κ3) is 2.46. The van der Waals surface area contributed by atoms with Gasteiger partial charge in [0.05, 0.1) is 0 Å². The second-order valence-electron chi connectivity index (χ2n) is 3.86. The molecule has 1 unspecified atom stereocenters. The van der Waals surface area contributed by atoms with Crippen LogP contribution in [0.15, 0.2) is 34.3 Å². The molecule has 1 fully saturated rings. The number of benzene rings is 1. The van der Waals surface area contributed by atoms with Gasteiger partial charge in [0.1, 0.15) is 0 Å². The van der Waals surface area contributed by atoms with Crippen molar-refractivity contribution in [1.82, 2.24) is 0 Å². The second kappa shape index (κ2) is 4.28. The van der Waals surface area contributed by atoms with Crippen LogP contribution in [0.4, 0.5) is 0 Å². The zero-order valence-electron chi connectivity index (χ0n) is 8.04. The van der Waals surface area contributed by atoms with Gasteiger partial charge >= 0.3 is 0 Å². The smallest absolute Gasteiger partial charge is 0.0175 e. The van der Waals surface area contributed by atoms with Crippen LogP contribution in [0.5, 0.6) is 0 Å². The van der Waals surface area contributed by atoms with E-state index in [9.17, 15) is 0 Å². The van der Waals surface area contributed by atoms with E-state index in [0.717, 1.165) is 23.7 Å². The fourth-order valence-electron chi connectivity index (χ4n) is 1.84. The van der Waals surface area contributed by atoms with Gasteiger partial charge in [-0.1, -0.05) is 39.7 Å². The van der Waals surface area contributed by atoms with Crippen molar-refractivity contribution in [3.63, 3.8) is 0 Å². The Hall–Kier alpha value is -0.600. The standard InChI is InChI=1S/C12H14BrN/c13-11-4-1-9(2-5-11)7-10-3-6-12(14)8-10/h1-2,4-5,7,12H,3,6,8,14H2. The van der Waals surface area contributed by atoms with E-state index in [-0.39, 0.29) is 0 Å². The summed E-state index contributed by atoms with van der Waals surface area (Å²) < 4.78 is 1.13. The monoisotopic (exact) mass is 251 g/mol. The van der Waals surface area contributed by atoms with Gasteiger partial charge in [0.2, 0.25) is 0 Å². The fourth-order valence-corrected chi connectivity index (χ4v) is 2.10. The van der Waals surface area contributed by atoms with Crippen LogP contribution in [0, 0.1) is 0 Å². The van der Waals surface area contributed by atoms with Crippen LogP contribution in [0.1, 0.15) is 24.8 Å². The lowest BCUT2D eigenvalue weighted by Crippen LogP contribution is -2.13. The Morgan fingerprint density at radius 2 is 2.00 bits per heavy atom. The maximum Gasteiger partial charge on any atom is 0.0175 e. The predicted molar refractivity (Wildman–Crippen MR) is 63.9 cm³/mol. The predicted octanol–water partition coefficient (Wildman–Crippen LogP) is 3.34. The van der Waals surface area contributed by atoms with Crippen molar-refractivity contribution in [2.75, 3.05) is 0 Å². The van der Waals surface area contributed by atoms with Crippen LogP contribution < -0.4 is 5.73 Å². The van der Waals surface area contributed by atoms with E-state index in [1.54, 1.807) is 0 Å². The van der Waals surface area contributed by atoms with Crippen molar-refractivity contribution in [3.8, 4) is 0 Å². The third-order valence-corrected chi connectivity index (χ3v) is 3.13. The van der Waals surface area contributed by atoms with Crippen LogP contribution in [-0.4, -0.2) is 6.04 Å². The first-order chi connectivity index (χ1) is 6.74. The first kappa shape index (κ1) is 9.94. The summed E-state index contributed by atoms with van der Waals surface area (Å²) in [5.41, 5.74) is 8.62. The van der Waals surface area contributed by atoms with E-state index in [4.69, 9.17) is 5.73 Å². The van der Waals surface area contributed by atoms with E-state index < -0.39 is 0 Å². The lowest BCUT2D eigenvalue weighted by molar-refractivity contribution is 0.711. The molecule has 0 spiro atoms. The summed E-state index contributed by atoms with van der Waals surface area (Å²) in [4.78, 5) is 0. The van der Waals surface area contributed by atoms with Crippen molar-refractivity contribution in [2.45, 2.75) is 25.3 Å². The molecule has 0 heterocycles. The molecule has 2 N–H and O–H groups in total. The summed E-state index contributed by atoms with van der Waals surface area (Å²) in [5.74, 6) is 0. The quantitative estimate of drug-likeness (QED) is 0.815. The molecular weight excluding hydrogens is 238 g/mol. The molecule has 1 aromatic rings. The van der Waals surface area contributed by atoms with Crippen LogP contribution in [0.25, 0.3) is 6.08 Å². The molecule has 0 bridgehead atoms. The Labute approximate surface area is 93.1 Å². The first-order valence-corrected chi connectivity index (χ1v) is 5.74. The van der Waals surface area contributed by atoms with Crippen molar-refractivity contribution < 1.29 is 0 Å². The highest BCUT2D eigenvalue weighted by Crippen LogP contribution is 2.25. The molecule has 1 aliphatic carbocycles. The van der Waals surface area contributed by atoms with Gasteiger partial charge in [-0.05, 0) is 37.0 Å². The van der Waals surface area contributed by atoms with Crippen LogP contribution in [0.3, 0.4) is 0 Å². The van der Waals surface area contributed by atoms with E-state index in [2.05, 4.69) is 46.3 Å². The lowest BCUT2D eigenvalue weighted by atomic mass is 10.1. The van der Waals surface area contributed by atoms with Crippen molar-refractivity contribution in [1.29, 1.82) is 0 Å². The molecule has 1 aromatic carbocycles. The second-order valence-corrected chi connectivity index (χ2v) is 4.77. The van der Waals surface area contributed by atoms with Crippen molar-refractivity contribution >= 4 is 22.0 Å². The molecule has 1 nitrogen and oxygen atoms in total. The minimum absolute atomic E-state index is 0.386. The Morgan fingerprint density at radius 3 is 2.57 bits per heavy atom. The number of halogens is 1. The number of nitrogens with two attached hydrogens (primary N) is 1. The Kier molecular flexibility index (Phi) is 3.04. The number of hydrogen-bond donors (Lipinski definition) is 1.